The number of benzene rings is 1. The molecule has 1 N–H and O–H groups in total. The van der Waals surface area contributed by atoms with Crippen LogP contribution in [0.1, 0.15) is 11.3 Å². The normalized spacial score (nSPS) is 15.3. The summed E-state index contributed by atoms with van der Waals surface area (Å²) >= 11 is 0. The summed E-state index contributed by atoms with van der Waals surface area (Å²) in [6.45, 7) is 1.97. The molecule has 0 radical (unpaired) electrons. The second-order valence-electron chi connectivity index (χ2n) is 5.73. The fourth-order valence-corrected chi connectivity index (χ4v) is 3.19. The van der Waals surface area contributed by atoms with Crippen molar-refractivity contribution in [3.8, 4) is 28.7 Å². The third-order valence-corrected chi connectivity index (χ3v) is 4.32. The summed E-state index contributed by atoms with van der Waals surface area (Å²) in [6, 6.07) is 7.73. The van der Waals surface area contributed by atoms with Crippen molar-refractivity contribution in [2.24, 2.45) is 0 Å². The molecule has 0 saturated carbocycles. The van der Waals surface area contributed by atoms with Gasteiger partial charge in [0.2, 0.25) is 6.79 Å². The molecule has 1 aromatic carbocycles. The van der Waals surface area contributed by atoms with Crippen LogP contribution in [0.4, 0.5) is 0 Å². The van der Waals surface area contributed by atoms with E-state index < -0.39 is 0 Å². The van der Waals surface area contributed by atoms with Crippen molar-refractivity contribution < 1.29 is 9.47 Å². The van der Waals surface area contributed by atoms with E-state index in [0.29, 0.717) is 5.95 Å². The molecule has 0 spiro atoms. The number of hydrogen-bond acceptors (Lipinski definition) is 6. The fourth-order valence-electron chi connectivity index (χ4n) is 3.19. The second kappa shape index (κ2) is 5.31. The topological polar surface area (TPSA) is 74.1 Å². The summed E-state index contributed by atoms with van der Waals surface area (Å²) in [5.74, 6) is 2.13. The quantitative estimate of drug-likeness (QED) is 0.774. The van der Waals surface area contributed by atoms with Crippen molar-refractivity contribution in [2.45, 2.75) is 13.0 Å². The van der Waals surface area contributed by atoms with Crippen LogP contribution >= 0.6 is 0 Å². The average Bonchev–Trinajstić information content (AvgIpc) is 3.26. The molecule has 5 rings (SSSR count). The number of nitrogens with zero attached hydrogens (tertiary/aromatic N) is 4. The predicted molar refractivity (Wildman–Crippen MR) is 86.1 cm³/mol. The number of aromatic nitrogens is 4. The Hall–Kier alpha value is -2.93. The van der Waals surface area contributed by atoms with E-state index in [2.05, 4.69) is 15.3 Å². The fraction of sp³-hybridized carbons (Fsp3) is 0.235. The van der Waals surface area contributed by atoms with Crippen LogP contribution in [-0.4, -0.2) is 33.1 Å². The van der Waals surface area contributed by atoms with E-state index in [1.165, 1.54) is 5.56 Å². The minimum atomic E-state index is 0.269. The SMILES string of the molecule is c1cnc(-n2nc(-c3ccc4c(c3)OCO4)c3c2CCNC3)nc1. The highest BCUT2D eigenvalue weighted by molar-refractivity contribution is 5.68. The van der Waals surface area contributed by atoms with Crippen molar-refractivity contribution >= 4 is 0 Å². The molecule has 2 aliphatic heterocycles. The van der Waals surface area contributed by atoms with Crippen molar-refractivity contribution in [1.82, 2.24) is 25.1 Å². The zero-order valence-electron chi connectivity index (χ0n) is 12.9. The third-order valence-electron chi connectivity index (χ3n) is 4.32. The molecule has 7 heteroatoms. The van der Waals surface area contributed by atoms with E-state index in [9.17, 15) is 0 Å². The molecule has 7 nitrogen and oxygen atoms in total. The van der Waals surface area contributed by atoms with Crippen molar-refractivity contribution in [2.75, 3.05) is 13.3 Å². The van der Waals surface area contributed by atoms with Crippen molar-refractivity contribution in [3.63, 3.8) is 0 Å². The van der Waals surface area contributed by atoms with Gasteiger partial charge in [-0.1, -0.05) is 0 Å². The maximum Gasteiger partial charge on any atom is 0.250 e. The first-order chi connectivity index (χ1) is 11.9. The van der Waals surface area contributed by atoms with Gasteiger partial charge >= 0.3 is 0 Å². The van der Waals surface area contributed by atoms with E-state index >= 15 is 0 Å². The molecule has 0 amide bonds. The van der Waals surface area contributed by atoms with Crippen molar-refractivity contribution in [1.29, 1.82) is 0 Å². The van der Waals surface area contributed by atoms with Crippen LogP contribution in [-0.2, 0) is 13.0 Å². The van der Waals surface area contributed by atoms with Crippen LogP contribution in [0.25, 0.3) is 17.2 Å². The molecular weight excluding hydrogens is 306 g/mol. The number of hydrogen-bond donors (Lipinski definition) is 1. The smallest absolute Gasteiger partial charge is 0.250 e. The van der Waals surface area contributed by atoms with Crippen LogP contribution in [0.3, 0.4) is 0 Å². The van der Waals surface area contributed by atoms with E-state index in [-0.39, 0.29) is 6.79 Å². The minimum Gasteiger partial charge on any atom is -0.454 e. The molecule has 4 heterocycles. The minimum absolute atomic E-state index is 0.269. The Morgan fingerprint density at radius 1 is 1.08 bits per heavy atom. The van der Waals surface area contributed by atoms with Gasteiger partial charge in [0.15, 0.2) is 11.5 Å². The van der Waals surface area contributed by atoms with E-state index in [1.807, 2.05) is 22.9 Å². The van der Waals surface area contributed by atoms with Crippen LogP contribution in [0.15, 0.2) is 36.7 Å². The van der Waals surface area contributed by atoms with Gasteiger partial charge in [-0.05, 0) is 24.3 Å². The molecule has 2 aliphatic rings. The first-order valence-corrected chi connectivity index (χ1v) is 7.89. The zero-order valence-corrected chi connectivity index (χ0v) is 12.9. The standard InChI is InChI=1S/C17H15N5O2/c1-5-19-17(20-6-1)22-13-4-7-18-9-12(13)16(21-22)11-2-3-14-15(8-11)24-10-23-14/h1-3,5-6,8,18H,4,7,9-10H2. The highest BCUT2D eigenvalue weighted by atomic mass is 16.7. The highest BCUT2D eigenvalue weighted by Crippen LogP contribution is 2.37. The Morgan fingerprint density at radius 2 is 1.96 bits per heavy atom. The van der Waals surface area contributed by atoms with E-state index in [0.717, 1.165) is 48.0 Å². The van der Waals surface area contributed by atoms with Gasteiger partial charge in [-0.3, -0.25) is 0 Å². The van der Waals surface area contributed by atoms with E-state index in [4.69, 9.17) is 14.6 Å². The molecule has 0 bridgehead atoms. The first kappa shape index (κ1) is 13.5. The highest BCUT2D eigenvalue weighted by Gasteiger charge is 2.24. The van der Waals surface area contributed by atoms with Gasteiger partial charge in [-0.2, -0.15) is 5.10 Å². The first-order valence-electron chi connectivity index (χ1n) is 7.89. The Bertz CT molecular complexity index is 907. The molecule has 3 aromatic rings. The number of fused-ring (bicyclic) bond motifs is 2. The Balaban J connectivity index is 1.68. The lowest BCUT2D eigenvalue weighted by atomic mass is 10.0. The lowest BCUT2D eigenvalue weighted by molar-refractivity contribution is 0.174. The maximum atomic E-state index is 5.50. The molecule has 24 heavy (non-hydrogen) atoms. The Morgan fingerprint density at radius 3 is 2.88 bits per heavy atom. The van der Waals surface area contributed by atoms with Crippen molar-refractivity contribution in [3.05, 3.63) is 47.9 Å². The lowest BCUT2D eigenvalue weighted by Gasteiger charge is -2.15. The summed E-state index contributed by atoms with van der Waals surface area (Å²) in [7, 11) is 0. The monoisotopic (exact) mass is 321 g/mol. The van der Waals surface area contributed by atoms with Gasteiger partial charge in [0.05, 0.1) is 11.4 Å². The second-order valence-corrected chi connectivity index (χ2v) is 5.73. The predicted octanol–water partition coefficient (Wildman–Crippen LogP) is 1.70. The molecule has 0 unspecified atom stereocenters. The lowest BCUT2D eigenvalue weighted by Crippen LogP contribution is -2.25. The third kappa shape index (κ3) is 2.05. The Labute approximate surface area is 138 Å². The molecule has 0 fully saturated rings. The van der Waals surface area contributed by atoms with E-state index in [1.54, 1.807) is 18.5 Å². The van der Waals surface area contributed by atoms with Crippen LogP contribution in [0.2, 0.25) is 0 Å². The molecule has 0 saturated heterocycles. The van der Waals surface area contributed by atoms with Crippen LogP contribution < -0.4 is 14.8 Å². The molecule has 0 atom stereocenters. The summed E-state index contributed by atoms with van der Waals surface area (Å²) in [6.07, 6.45) is 4.36. The van der Waals surface area contributed by atoms with Gasteiger partial charge < -0.3 is 14.8 Å². The zero-order chi connectivity index (χ0) is 15.9. The summed E-state index contributed by atoms with van der Waals surface area (Å²) in [5.41, 5.74) is 4.29. The summed E-state index contributed by atoms with van der Waals surface area (Å²) in [5, 5.41) is 8.23. The largest absolute Gasteiger partial charge is 0.454 e. The molecule has 2 aromatic heterocycles. The van der Waals surface area contributed by atoms with Gasteiger partial charge in [-0.25, -0.2) is 14.6 Å². The van der Waals surface area contributed by atoms with Gasteiger partial charge in [0.1, 0.15) is 0 Å². The number of ether oxygens (including phenoxy) is 2. The number of nitrogens with one attached hydrogen (secondary N) is 1. The van der Waals surface area contributed by atoms with Gasteiger partial charge in [0, 0.05) is 43.0 Å². The maximum absolute atomic E-state index is 5.50. The average molecular weight is 321 g/mol. The van der Waals surface area contributed by atoms with Crippen LogP contribution in [0, 0.1) is 0 Å². The van der Waals surface area contributed by atoms with Crippen LogP contribution in [0.5, 0.6) is 11.5 Å². The number of rotatable bonds is 2. The summed E-state index contributed by atoms with van der Waals surface area (Å²) < 4.78 is 12.8. The molecular formula is C17H15N5O2. The van der Waals surface area contributed by atoms with Gasteiger partial charge in [0.25, 0.3) is 5.95 Å². The Kier molecular flexibility index (Phi) is 2.99. The summed E-state index contributed by atoms with van der Waals surface area (Å²) in [4.78, 5) is 8.69. The molecule has 120 valence electrons. The molecule has 0 aliphatic carbocycles. The van der Waals surface area contributed by atoms with Gasteiger partial charge in [-0.15, -0.1) is 0 Å².